The van der Waals surface area contributed by atoms with Gasteiger partial charge < -0.3 is 9.84 Å². The maximum Gasteiger partial charge on any atom is 0.123 e. The summed E-state index contributed by atoms with van der Waals surface area (Å²) >= 11 is 0. The van der Waals surface area contributed by atoms with Crippen molar-refractivity contribution in [2.24, 2.45) is 0 Å². The number of aliphatic hydroxyl groups is 1. The van der Waals surface area contributed by atoms with Crippen molar-refractivity contribution < 1.29 is 9.84 Å². The zero-order chi connectivity index (χ0) is 20.5. The summed E-state index contributed by atoms with van der Waals surface area (Å²) in [5.41, 5.74) is 3.89. The normalized spacial score (nSPS) is 15.0. The van der Waals surface area contributed by atoms with Crippen LogP contribution in [-0.4, -0.2) is 53.8 Å². The lowest BCUT2D eigenvalue weighted by Crippen LogP contribution is -2.38. The molecule has 0 aromatic heterocycles. The van der Waals surface area contributed by atoms with Crippen molar-refractivity contribution >= 4 is 0 Å². The largest absolute Gasteiger partial charge is 0.491 e. The van der Waals surface area contributed by atoms with Gasteiger partial charge in [0.1, 0.15) is 18.5 Å². The van der Waals surface area contributed by atoms with Crippen molar-refractivity contribution in [2.45, 2.75) is 25.6 Å². The molecule has 0 spiro atoms. The van der Waals surface area contributed by atoms with Gasteiger partial charge >= 0.3 is 0 Å². The van der Waals surface area contributed by atoms with Crippen LogP contribution < -0.4 is 4.74 Å². The Balaban J connectivity index is 1.53. The minimum Gasteiger partial charge on any atom is -0.491 e. The second kappa shape index (κ2) is 11.0. The monoisotopic (exact) mass is 392 g/mol. The van der Waals surface area contributed by atoms with Gasteiger partial charge in [0.2, 0.25) is 0 Å². The van der Waals surface area contributed by atoms with Gasteiger partial charge in [-0.05, 0) is 23.6 Å². The van der Waals surface area contributed by atoms with Crippen molar-refractivity contribution in [1.29, 1.82) is 0 Å². The van der Waals surface area contributed by atoms with E-state index in [-0.39, 0.29) is 6.61 Å². The molecule has 0 saturated heterocycles. The summed E-state index contributed by atoms with van der Waals surface area (Å²) in [6.07, 6.45) is 4.31. The van der Waals surface area contributed by atoms with Gasteiger partial charge in [-0.25, -0.2) is 0 Å². The fourth-order valence-electron chi connectivity index (χ4n) is 3.83. The second-order valence-electron chi connectivity index (χ2n) is 7.60. The molecule has 0 radical (unpaired) electrons. The number of ether oxygens (including phenoxy) is 1. The SMILES string of the molecule is C=CCN(CC=C)Cc1ccccc1OC[C@H](O)CN1CCc2ccccc2C1. The molecule has 2 aromatic carbocycles. The van der Waals surface area contributed by atoms with Crippen LogP contribution in [0.2, 0.25) is 0 Å². The summed E-state index contributed by atoms with van der Waals surface area (Å²) in [5.74, 6) is 0.827. The molecule has 1 N–H and O–H groups in total. The number of nitrogens with zero attached hydrogens (tertiary/aromatic N) is 2. The van der Waals surface area contributed by atoms with E-state index in [2.05, 4.69) is 53.3 Å². The van der Waals surface area contributed by atoms with E-state index in [9.17, 15) is 5.11 Å². The predicted molar refractivity (Wildman–Crippen MR) is 119 cm³/mol. The highest BCUT2D eigenvalue weighted by Crippen LogP contribution is 2.21. The lowest BCUT2D eigenvalue weighted by atomic mass is 10.00. The number of benzene rings is 2. The number of para-hydroxylation sites is 1. The molecular formula is C25H32N2O2. The number of fused-ring (bicyclic) bond motifs is 1. The fraction of sp³-hybridized carbons (Fsp3) is 0.360. The van der Waals surface area contributed by atoms with Crippen molar-refractivity contribution in [2.75, 3.05) is 32.8 Å². The summed E-state index contributed by atoms with van der Waals surface area (Å²) in [7, 11) is 0. The summed E-state index contributed by atoms with van der Waals surface area (Å²) in [6.45, 7) is 12.8. The van der Waals surface area contributed by atoms with Gasteiger partial charge in [0.25, 0.3) is 0 Å². The molecule has 0 aliphatic carbocycles. The van der Waals surface area contributed by atoms with Crippen LogP contribution >= 0.6 is 0 Å². The molecule has 0 fully saturated rings. The van der Waals surface area contributed by atoms with E-state index in [1.54, 1.807) is 0 Å². The van der Waals surface area contributed by atoms with E-state index in [1.165, 1.54) is 11.1 Å². The molecule has 4 nitrogen and oxygen atoms in total. The van der Waals surface area contributed by atoms with E-state index >= 15 is 0 Å². The van der Waals surface area contributed by atoms with E-state index < -0.39 is 6.10 Å². The van der Waals surface area contributed by atoms with Gasteiger partial charge in [0.15, 0.2) is 0 Å². The molecule has 3 rings (SSSR count). The average Bonchev–Trinajstić information content (AvgIpc) is 2.73. The van der Waals surface area contributed by atoms with Crippen LogP contribution in [0.5, 0.6) is 5.75 Å². The van der Waals surface area contributed by atoms with Gasteiger partial charge in [-0.15, -0.1) is 13.2 Å². The zero-order valence-electron chi connectivity index (χ0n) is 17.2. The molecule has 1 aliphatic heterocycles. The Bertz CT molecular complexity index is 795. The highest BCUT2D eigenvalue weighted by atomic mass is 16.5. The number of hydrogen-bond donors (Lipinski definition) is 1. The molecule has 0 saturated carbocycles. The Kier molecular flexibility index (Phi) is 8.05. The van der Waals surface area contributed by atoms with Crippen LogP contribution in [0.1, 0.15) is 16.7 Å². The summed E-state index contributed by atoms with van der Waals surface area (Å²) in [4.78, 5) is 4.54. The molecule has 4 heteroatoms. The van der Waals surface area contributed by atoms with E-state index in [4.69, 9.17) is 4.74 Å². The van der Waals surface area contributed by atoms with Crippen molar-refractivity contribution in [3.8, 4) is 5.75 Å². The van der Waals surface area contributed by atoms with Gasteiger partial charge in [0.05, 0.1) is 0 Å². The molecule has 0 bridgehead atoms. The highest BCUT2D eigenvalue weighted by Gasteiger charge is 2.19. The maximum atomic E-state index is 10.5. The molecule has 0 amide bonds. The van der Waals surface area contributed by atoms with Crippen LogP contribution in [0.4, 0.5) is 0 Å². The van der Waals surface area contributed by atoms with E-state index in [1.807, 2.05) is 30.4 Å². The molecular weight excluding hydrogens is 360 g/mol. The van der Waals surface area contributed by atoms with Crippen LogP contribution in [0.3, 0.4) is 0 Å². The first kappa shape index (κ1) is 21.3. The molecule has 1 atom stereocenters. The lowest BCUT2D eigenvalue weighted by Gasteiger charge is -2.30. The third kappa shape index (κ3) is 6.29. The molecule has 154 valence electrons. The Morgan fingerprint density at radius 3 is 2.48 bits per heavy atom. The van der Waals surface area contributed by atoms with E-state index in [0.29, 0.717) is 6.54 Å². The number of β-amino-alcohol motifs (C(OH)–C–C–N with tert-alkyl or cyclic N) is 1. The number of aliphatic hydroxyl groups excluding tert-OH is 1. The highest BCUT2D eigenvalue weighted by molar-refractivity contribution is 5.33. The summed E-state index contributed by atoms with van der Waals surface area (Å²) in [6, 6.07) is 16.6. The second-order valence-corrected chi connectivity index (χ2v) is 7.60. The smallest absolute Gasteiger partial charge is 0.123 e. The van der Waals surface area contributed by atoms with Crippen LogP contribution in [0.15, 0.2) is 73.8 Å². The van der Waals surface area contributed by atoms with Crippen molar-refractivity contribution in [1.82, 2.24) is 9.80 Å². The van der Waals surface area contributed by atoms with E-state index in [0.717, 1.165) is 50.5 Å². The standard InChI is InChI=1S/C25H32N2O2/c1-3-14-26(15-4-2)18-23-11-7-8-12-25(23)29-20-24(28)19-27-16-13-21-9-5-6-10-22(21)17-27/h3-12,24,28H,1-2,13-20H2/t24-/m1/s1. The summed E-state index contributed by atoms with van der Waals surface area (Å²) in [5, 5.41) is 10.5. The molecule has 2 aromatic rings. The molecule has 0 unspecified atom stereocenters. The zero-order valence-corrected chi connectivity index (χ0v) is 17.2. The topological polar surface area (TPSA) is 35.9 Å². The Morgan fingerprint density at radius 1 is 1.03 bits per heavy atom. The lowest BCUT2D eigenvalue weighted by molar-refractivity contribution is 0.0632. The van der Waals surface area contributed by atoms with Gasteiger partial charge in [-0.2, -0.15) is 0 Å². The molecule has 1 heterocycles. The van der Waals surface area contributed by atoms with Gasteiger partial charge in [-0.1, -0.05) is 54.6 Å². The average molecular weight is 393 g/mol. The minimum absolute atomic E-state index is 0.290. The first-order valence-corrected chi connectivity index (χ1v) is 10.3. The number of rotatable bonds is 11. The van der Waals surface area contributed by atoms with Crippen molar-refractivity contribution in [3.05, 3.63) is 90.5 Å². The van der Waals surface area contributed by atoms with Gasteiger partial charge in [-0.3, -0.25) is 9.80 Å². The van der Waals surface area contributed by atoms with Gasteiger partial charge in [0, 0.05) is 44.8 Å². The predicted octanol–water partition coefficient (Wildman–Crippen LogP) is 3.66. The Morgan fingerprint density at radius 2 is 1.72 bits per heavy atom. The first-order chi connectivity index (χ1) is 14.2. The van der Waals surface area contributed by atoms with Crippen LogP contribution in [0, 0.1) is 0 Å². The third-order valence-corrected chi connectivity index (χ3v) is 5.25. The summed E-state index contributed by atoms with van der Waals surface area (Å²) < 4.78 is 6.01. The number of hydrogen-bond acceptors (Lipinski definition) is 4. The molecule has 29 heavy (non-hydrogen) atoms. The maximum absolute atomic E-state index is 10.5. The Hall–Kier alpha value is -2.40. The molecule has 1 aliphatic rings. The Labute approximate surface area is 174 Å². The minimum atomic E-state index is -0.522. The fourth-order valence-corrected chi connectivity index (χ4v) is 3.83. The van der Waals surface area contributed by atoms with Crippen molar-refractivity contribution in [3.63, 3.8) is 0 Å². The quantitative estimate of drug-likeness (QED) is 0.592. The van der Waals surface area contributed by atoms with Crippen LogP contribution in [-0.2, 0) is 19.5 Å². The third-order valence-electron chi connectivity index (χ3n) is 5.25. The van der Waals surface area contributed by atoms with Crippen LogP contribution in [0.25, 0.3) is 0 Å². The first-order valence-electron chi connectivity index (χ1n) is 10.3.